The second-order valence-corrected chi connectivity index (χ2v) is 7.98. The van der Waals surface area contributed by atoms with Gasteiger partial charge in [0.05, 0.1) is 24.5 Å². The molecule has 1 amide bonds. The number of methoxy groups -OCH3 is 1. The smallest absolute Gasteiger partial charge is 0.295 e. The molecule has 1 aromatic carbocycles. The van der Waals surface area contributed by atoms with Gasteiger partial charge in [0.15, 0.2) is 0 Å². The van der Waals surface area contributed by atoms with Crippen LogP contribution in [-0.2, 0) is 14.3 Å². The summed E-state index contributed by atoms with van der Waals surface area (Å²) in [4.78, 5) is 32.0. The van der Waals surface area contributed by atoms with E-state index in [-0.39, 0.29) is 24.0 Å². The van der Waals surface area contributed by atoms with E-state index in [2.05, 4.69) is 4.98 Å². The number of nitrogens with zero attached hydrogens (tertiary/aromatic N) is 2. The molecule has 2 aliphatic heterocycles. The fourth-order valence-electron chi connectivity index (χ4n) is 4.33. The van der Waals surface area contributed by atoms with Gasteiger partial charge in [0.1, 0.15) is 17.6 Å². The van der Waals surface area contributed by atoms with E-state index in [9.17, 15) is 14.7 Å². The van der Waals surface area contributed by atoms with Crippen molar-refractivity contribution in [1.82, 2.24) is 9.88 Å². The Balaban J connectivity index is 1.85. The summed E-state index contributed by atoms with van der Waals surface area (Å²) >= 11 is 0. The Morgan fingerprint density at radius 2 is 2.06 bits per heavy atom. The molecule has 0 bridgehead atoms. The molecule has 2 fully saturated rings. The first-order chi connectivity index (χ1) is 14.9. The Morgan fingerprint density at radius 3 is 2.71 bits per heavy atom. The van der Waals surface area contributed by atoms with Crippen LogP contribution < -0.4 is 4.74 Å². The number of rotatable bonds is 5. The van der Waals surface area contributed by atoms with Gasteiger partial charge in [0.2, 0.25) is 0 Å². The Hall–Kier alpha value is -3.19. The maximum atomic E-state index is 13.1. The van der Waals surface area contributed by atoms with E-state index in [1.807, 2.05) is 19.9 Å². The number of benzene rings is 1. The molecule has 0 saturated carbocycles. The standard InChI is InChI=1S/C24H26N2O5/c1-14-12-19(30-3)15(2)11-17(14)22(27)20-21(18-8-4-5-9-25-18)26(24(29)23(20)28)13-16-7-6-10-31-16/h4-5,8-9,11-12,16,21,27H,6-7,10,13H2,1-3H3/b22-20+. The molecule has 3 heterocycles. The number of pyridine rings is 1. The zero-order valence-electron chi connectivity index (χ0n) is 17.9. The number of likely N-dealkylation sites (tertiary alicyclic amines) is 1. The summed E-state index contributed by atoms with van der Waals surface area (Å²) in [5, 5.41) is 11.3. The van der Waals surface area contributed by atoms with Crippen molar-refractivity contribution in [3.05, 3.63) is 64.5 Å². The summed E-state index contributed by atoms with van der Waals surface area (Å²) in [5.41, 5.74) is 2.63. The van der Waals surface area contributed by atoms with Gasteiger partial charge in [-0.3, -0.25) is 14.6 Å². The minimum Gasteiger partial charge on any atom is -0.507 e. The molecule has 2 saturated heterocycles. The van der Waals surface area contributed by atoms with E-state index in [0.717, 1.165) is 24.0 Å². The van der Waals surface area contributed by atoms with Crippen LogP contribution >= 0.6 is 0 Å². The van der Waals surface area contributed by atoms with E-state index < -0.39 is 17.7 Å². The highest BCUT2D eigenvalue weighted by Gasteiger charge is 2.47. The first kappa shape index (κ1) is 21.1. The van der Waals surface area contributed by atoms with Crippen LogP contribution in [-0.4, -0.2) is 53.0 Å². The molecular formula is C24H26N2O5. The predicted molar refractivity (Wildman–Crippen MR) is 115 cm³/mol. The molecule has 0 aliphatic carbocycles. The van der Waals surface area contributed by atoms with E-state index in [0.29, 0.717) is 23.6 Å². The number of carbonyl (C=O) groups excluding carboxylic acids is 2. The zero-order chi connectivity index (χ0) is 22.1. The van der Waals surface area contributed by atoms with Crippen LogP contribution in [0, 0.1) is 13.8 Å². The lowest BCUT2D eigenvalue weighted by atomic mass is 9.95. The van der Waals surface area contributed by atoms with Gasteiger partial charge in [-0.15, -0.1) is 0 Å². The number of carbonyl (C=O) groups is 2. The van der Waals surface area contributed by atoms with Gasteiger partial charge in [0, 0.05) is 24.9 Å². The molecule has 4 rings (SSSR count). The largest absolute Gasteiger partial charge is 0.507 e. The number of aliphatic hydroxyl groups is 1. The minimum atomic E-state index is -0.771. The summed E-state index contributed by atoms with van der Waals surface area (Å²) in [7, 11) is 1.58. The van der Waals surface area contributed by atoms with Crippen molar-refractivity contribution in [3.63, 3.8) is 0 Å². The summed E-state index contributed by atoms with van der Waals surface area (Å²) in [5.74, 6) is -0.865. The van der Waals surface area contributed by atoms with Crippen LogP contribution in [0.2, 0.25) is 0 Å². The molecule has 1 N–H and O–H groups in total. The third kappa shape index (κ3) is 3.81. The molecule has 7 heteroatoms. The van der Waals surface area contributed by atoms with Gasteiger partial charge >= 0.3 is 0 Å². The summed E-state index contributed by atoms with van der Waals surface area (Å²) in [6.45, 7) is 4.62. The molecule has 2 atom stereocenters. The Labute approximate surface area is 181 Å². The average Bonchev–Trinajstić information content (AvgIpc) is 3.37. The van der Waals surface area contributed by atoms with Crippen molar-refractivity contribution < 1.29 is 24.2 Å². The topological polar surface area (TPSA) is 89.0 Å². The molecule has 2 unspecified atom stereocenters. The lowest BCUT2D eigenvalue weighted by molar-refractivity contribution is -0.140. The molecular weight excluding hydrogens is 396 g/mol. The SMILES string of the molecule is COc1cc(C)c(/C(O)=C2\C(=O)C(=O)N(CC3CCCO3)C2c2ccccn2)cc1C. The fraction of sp³-hybridized carbons (Fsp3) is 0.375. The van der Waals surface area contributed by atoms with E-state index in [1.54, 1.807) is 37.6 Å². The number of aromatic nitrogens is 1. The van der Waals surface area contributed by atoms with Crippen molar-refractivity contribution in [2.75, 3.05) is 20.3 Å². The monoisotopic (exact) mass is 422 g/mol. The number of amides is 1. The molecule has 162 valence electrons. The number of aliphatic hydroxyl groups excluding tert-OH is 1. The number of aryl methyl sites for hydroxylation is 2. The third-order valence-corrected chi connectivity index (χ3v) is 5.93. The third-order valence-electron chi connectivity index (χ3n) is 5.93. The average molecular weight is 422 g/mol. The number of hydrogen-bond acceptors (Lipinski definition) is 6. The molecule has 0 spiro atoms. The van der Waals surface area contributed by atoms with Crippen molar-refractivity contribution in [1.29, 1.82) is 0 Å². The van der Waals surface area contributed by atoms with Crippen molar-refractivity contribution >= 4 is 17.4 Å². The van der Waals surface area contributed by atoms with Crippen LogP contribution in [0.3, 0.4) is 0 Å². The first-order valence-electron chi connectivity index (χ1n) is 10.4. The van der Waals surface area contributed by atoms with Crippen molar-refractivity contribution in [3.8, 4) is 5.75 Å². The maximum absolute atomic E-state index is 13.1. The lowest BCUT2D eigenvalue weighted by Crippen LogP contribution is -2.36. The summed E-state index contributed by atoms with van der Waals surface area (Å²) < 4.78 is 11.1. The molecule has 31 heavy (non-hydrogen) atoms. The normalized spacial score (nSPS) is 22.9. The van der Waals surface area contributed by atoms with E-state index in [1.165, 1.54) is 4.90 Å². The van der Waals surface area contributed by atoms with E-state index >= 15 is 0 Å². The quantitative estimate of drug-likeness (QED) is 0.452. The lowest BCUT2D eigenvalue weighted by Gasteiger charge is -2.26. The van der Waals surface area contributed by atoms with Crippen molar-refractivity contribution in [2.45, 2.75) is 38.8 Å². The molecule has 7 nitrogen and oxygen atoms in total. The summed E-state index contributed by atoms with van der Waals surface area (Å²) in [6.07, 6.45) is 3.24. The predicted octanol–water partition coefficient (Wildman–Crippen LogP) is 3.31. The Morgan fingerprint density at radius 1 is 1.26 bits per heavy atom. The van der Waals surface area contributed by atoms with Gasteiger partial charge in [-0.05, 0) is 62.1 Å². The van der Waals surface area contributed by atoms with Gasteiger partial charge in [0.25, 0.3) is 11.7 Å². The van der Waals surface area contributed by atoms with Gasteiger partial charge in [-0.2, -0.15) is 0 Å². The van der Waals surface area contributed by atoms with Crippen LogP contribution in [0.25, 0.3) is 5.76 Å². The zero-order valence-corrected chi connectivity index (χ0v) is 17.9. The highest BCUT2D eigenvalue weighted by Crippen LogP contribution is 2.40. The Kier molecular flexibility index (Phi) is 5.78. The number of ketones is 1. The second-order valence-electron chi connectivity index (χ2n) is 7.98. The highest BCUT2D eigenvalue weighted by molar-refractivity contribution is 6.46. The molecule has 2 aromatic rings. The number of Topliss-reactive ketones (excluding diaryl/α,β-unsaturated/α-hetero) is 1. The highest BCUT2D eigenvalue weighted by atomic mass is 16.5. The van der Waals surface area contributed by atoms with Crippen LogP contribution in [0.4, 0.5) is 0 Å². The van der Waals surface area contributed by atoms with Crippen LogP contribution in [0.1, 0.15) is 41.3 Å². The van der Waals surface area contributed by atoms with Crippen molar-refractivity contribution in [2.24, 2.45) is 0 Å². The number of ether oxygens (including phenoxy) is 2. The van der Waals surface area contributed by atoms with Crippen LogP contribution in [0.5, 0.6) is 5.75 Å². The summed E-state index contributed by atoms with van der Waals surface area (Å²) in [6, 6.07) is 8.14. The van der Waals surface area contributed by atoms with E-state index in [4.69, 9.17) is 9.47 Å². The molecule has 2 aliphatic rings. The number of hydrogen-bond donors (Lipinski definition) is 1. The minimum absolute atomic E-state index is 0.0503. The second kappa shape index (κ2) is 8.51. The fourth-order valence-corrected chi connectivity index (χ4v) is 4.33. The Bertz CT molecular complexity index is 1040. The van der Waals surface area contributed by atoms with Gasteiger partial charge < -0.3 is 19.5 Å². The molecule has 0 radical (unpaired) electrons. The van der Waals surface area contributed by atoms with Crippen LogP contribution in [0.15, 0.2) is 42.1 Å². The van der Waals surface area contributed by atoms with Gasteiger partial charge in [-0.25, -0.2) is 0 Å². The maximum Gasteiger partial charge on any atom is 0.295 e. The first-order valence-corrected chi connectivity index (χ1v) is 10.4. The van der Waals surface area contributed by atoms with Gasteiger partial charge in [-0.1, -0.05) is 6.07 Å². The molecule has 1 aromatic heterocycles.